The molecular weight excluding hydrogens is 496 g/mol. The maximum Gasteiger partial charge on any atom is 0.269 e. The number of hydrogen-bond acceptors (Lipinski definition) is 7. The average Bonchev–Trinajstić information content (AvgIpc) is 3.26. The Bertz CT molecular complexity index is 1410. The highest BCUT2D eigenvalue weighted by Crippen LogP contribution is 2.33. The molecule has 37 heavy (non-hydrogen) atoms. The van der Waals surface area contributed by atoms with Crippen molar-refractivity contribution < 1.29 is 18.1 Å². The first-order valence-electron chi connectivity index (χ1n) is 12.3. The molecule has 0 radical (unpaired) electrons. The van der Waals surface area contributed by atoms with Gasteiger partial charge in [0.25, 0.3) is 5.69 Å². The van der Waals surface area contributed by atoms with Gasteiger partial charge in [-0.05, 0) is 50.7 Å². The fraction of sp³-hybridized carbons (Fsp3) is 0.480. The molecule has 1 saturated heterocycles. The number of non-ortho nitro benzene ring substituents is 1. The number of carbonyl (C=O) groups is 1. The predicted octanol–water partition coefficient (Wildman–Crippen LogP) is 3.54. The molecule has 1 amide bonds. The number of amides is 1. The predicted molar refractivity (Wildman–Crippen MR) is 139 cm³/mol. The number of pyridine rings is 1. The van der Waals surface area contributed by atoms with Gasteiger partial charge in [0.2, 0.25) is 15.9 Å². The summed E-state index contributed by atoms with van der Waals surface area (Å²) < 4.78 is 27.8. The maximum atomic E-state index is 13.3. The number of aryl methyl sites for hydroxylation is 2. The van der Waals surface area contributed by atoms with Crippen molar-refractivity contribution in [1.29, 1.82) is 0 Å². The van der Waals surface area contributed by atoms with Crippen LogP contribution >= 0.6 is 0 Å². The van der Waals surface area contributed by atoms with Crippen molar-refractivity contribution in [3.63, 3.8) is 0 Å². The zero-order valence-electron chi connectivity index (χ0n) is 21.5. The first-order valence-corrected chi connectivity index (χ1v) is 13.8. The minimum Gasteiger partial charge on any atom is -0.342 e. The first-order chi connectivity index (χ1) is 17.5. The second kappa shape index (κ2) is 10.5. The molecule has 0 bridgehead atoms. The summed E-state index contributed by atoms with van der Waals surface area (Å²) in [6.07, 6.45) is 3.34. The normalized spacial score (nSPS) is 15.1. The largest absolute Gasteiger partial charge is 0.342 e. The van der Waals surface area contributed by atoms with Crippen LogP contribution in [0.2, 0.25) is 0 Å². The number of nitro benzene ring substituents is 1. The lowest BCUT2D eigenvalue weighted by molar-refractivity contribution is -0.384. The number of rotatable bonds is 8. The lowest BCUT2D eigenvalue weighted by Gasteiger charge is -2.34. The quantitative estimate of drug-likeness (QED) is 0.348. The summed E-state index contributed by atoms with van der Waals surface area (Å²) in [7, 11) is -4.01. The Labute approximate surface area is 216 Å². The van der Waals surface area contributed by atoms with E-state index < -0.39 is 14.9 Å². The second-order valence-electron chi connectivity index (χ2n) is 9.94. The minimum absolute atomic E-state index is 0.0138. The Hall–Kier alpha value is -3.38. The first kappa shape index (κ1) is 26.7. The van der Waals surface area contributed by atoms with Gasteiger partial charge in [0.1, 0.15) is 5.82 Å². The van der Waals surface area contributed by atoms with Crippen LogP contribution in [0.3, 0.4) is 0 Å². The van der Waals surface area contributed by atoms with E-state index in [0.717, 1.165) is 53.1 Å². The van der Waals surface area contributed by atoms with Crippen LogP contribution in [0, 0.1) is 29.9 Å². The molecule has 198 valence electrons. The van der Waals surface area contributed by atoms with E-state index in [2.05, 4.69) is 15.0 Å². The maximum absolute atomic E-state index is 13.3. The van der Waals surface area contributed by atoms with Crippen LogP contribution in [0.4, 0.5) is 5.69 Å². The van der Waals surface area contributed by atoms with Crippen LogP contribution in [0.5, 0.6) is 0 Å². The van der Waals surface area contributed by atoms with Crippen LogP contribution in [-0.2, 0) is 14.8 Å². The Balaban J connectivity index is 1.46. The molecule has 3 aromatic rings. The van der Waals surface area contributed by atoms with Gasteiger partial charge in [0.15, 0.2) is 0 Å². The van der Waals surface area contributed by atoms with Gasteiger partial charge in [-0.1, -0.05) is 13.8 Å². The number of H-pyrrole nitrogens is 1. The summed E-state index contributed by atoms with van der Waals surface area (Å²) in [6, 6.07) is 4.74. The number of piperidine rings is 1. The molecule has 3 heterocycles. The van der Waals surface area contributed by atoms with Gasteiger partial charge >= 0.3 is 0 Å². The molecule has 0 saturated carbocycles. The third-order valence-electron chi connectivity index (χ3n) is 6.71. The monoisotopic (exact) mass is 528 g/mol. The van der Waals surface area contributed by atoms with Gasteiger partial charge in [-0.2, -0.15) is 4.31 Å². The van der Waals surface area contributed by atoms with Crippen molar-refractivity contribution in [2.45, 2.75) is 51.3 Å². The van der Waals surface area contributed by atoms with Crippen LogP contribution < -0.4 is 0 Å². The number of aromatic nitrogens is 3. The number of nitrogens with zero attached hydrogens (tertiary/aromatic N) is 5. The lowest BCUT2D eigenvalue weighted by Crippen LogP contribution is -2.46. The standard InChI is InChI=1S/C25H32N6O5S/c1-16(2)14-30(37(35,36)21-7-5-20(6-8-21)31(33)34)15-23(32)29-11-9-19(10-12-29)22-13-26-17(3)24-25(22)28-18(4)27-24/h5-8,13,16,19H,9-12,14-15H2,1-4H3,(H,27,28). The smallest absolute Gasteiger partial charge is 0.269 e. The second-order valence-corrected chi connectivity index (χ2v) is 11.9. The molecule has 0 atom stereocenters. The third kappa shape index (κ3) is 5.64. The zero-order chi connectivity index (χ0) is 26.9. The number of imidazole rings is 1. The minimum atomic E-state index is -4.01. The van der Waals surface area contributed by atoms with Gasteiger partial charge < -0.3 is 9.88 Å². The molecule has 11 nitrogen and oxygen atoms in total. The van der Waals surface area contributed by atoms with Gasteiger partial charge in [0.05, 0.1) is 33.1 Å². The van der Waals surface area contributed by atoms with Gasteiger partial charge in [-0.25, -0.2) is 13.4 Å². The van der Waals surface area contributed by atoms with Crippen molar-refractivity contribution in [3.05, 3.63) is 57.7 Å². The van der Waals surface area contributed by atoms with E-state index in [4.69, 9.17) is 0 Å². The molecule has 2 aromatic heterocycles. The fourth-order valence-electron chi connectivity index (χ4n) is 4.79. The van der Waals surface area contributed by atoms with Crippen molar-refractivity contribution in [1.82, 2.24) is 24.2 Å². The summed E-state index contributed by atoms with van der Waals surface area (Å²) in [4.78, 5) is 37.7. The SMILES string of the molecule is Cc1nc2c(C3CCN(C(=O)CN(CC(C)C)S(=O)(=O)c4ccc([N+](=O)[O-])cc4)CC3)cnc(C)c2[nH]1. The molecule has 0 aliphatic carbocycles. The molecule has 0 unspecified atom stereocenters. The van der Waals surface area contributed by atoms with Gasteiger partial charge in [-0.15, -0.1) is 0 Å². The van der Waals surface area contributed by atoms with E-state index in [1.54, 1.807) is 4.90 Å². The molecule has 1 fully saturated rings. The summed E-state index contributed by atoms with van der Waals surface area (Å²) in [6.45, 7) is 8.51. The number of likely N-dealkylation sites (tertiary alicyclic amines) is 1. The zero-order valence-corrected chi connectivity index (χ0v) is 22.3. The fourth-order valence-corrected chi connectivity index (χ4v) is 6.34. The van der Waals surface area contributed by atoms with Gasteiger partial charge in [0, 0.05) is 43.5 Å². The summed E-state index contributed by atoms with van der Waals surface area (Å²) >= 11 is 0. The van der Waals surface area contributed by atoms with E-state index in [1.165, 1.54) is 16.4 Å². The van der Waals surface area contributed by atoms with Crippen molar-refractivity contribution >= 4 is 32.7 Å². The number of hydrogen-bond donors (Lipinski definition) is 1. The van der Waals surface area contributed by atoms with E-state index in [9.17, 15) is 23.3 Å². The molecule has 1 aromatic carbocycles. The van der Waals surface area contributed by atoms with Crippen LogP contribution in [0.15, 0.2) is 35.4 Å². The third-order valence-corrected chi connectivity index (χ3v) is 8.53. The molecule has 0 spiro atoms. The van der Waals surface area contributed by atoms with E-state index in [0.29, 0.717) is 13.1 Å². The lowest BCUT2D eigenvalue weighted by atomic mass is 9.89. The van der Waals surface area contributed by atoms with Crippen LogP contribution in [0.1, 0.15) is 49.7 Å². The Kier molecular flexibility index (Phi) is 7.60. The molecule has 4 rings (SSSR count). The topological polar surface area (TPSA) is 142 Å². The highest BCUT2D eigenvalue weighted by Gasteiger charge is 2.32. The van der Waals surface area contributed by atoms with Crippen LogP contribution in [-0.4, -0.2) is 69.6 Å². The summed E-state index contributed by atoms with van der Waals surface area (Å²) in [5, 5.41) is 10.9. The summed E-state index contributed by atoms with van der Waals surface area (Å²) in [5.74, 6) is 0.768. The van der Waals surface area contributed by atoms with E-state index in [1.807, 2.05) is 33.9 Å². The molecule has 12 heteroatoms. The Morgan fingerprint density at radius 2 is 1.86 bits per heavy atom. The number of carbonyl (C=O) groups excluding carboxylic acids is 1. The number of fused-ring (bicyclic) bond motifs is 1. The Morgan fingerprint density at radius 1 is 1.22 bits per heavy atom. The average molecular weight is 529 g/mol. The Morgan fingerprint density at radius 3 is 2.46 bits per heavy atom. The van der Waals surface area contributed by atoms with Crippen molar-refractivity contribution in [2.24, 2.45) is 5.92 Å². The van der Waals surface area contributed by atoms with E-state index in [-0.39, 0.29) is 41.4 Å². The molecule has 1 N–H and O–H groups in total. The molecule has 1 aliphatic heterocycles. The highest BCUT2D eigenvalue weighted by atomic mass is 32.2. The number of sulfonamides is 1. The van der Waals surface area contributed by atoms with E-state index >= 15 is 0 Å². The molecular formula is C25H32N6O5S. The number of benzene rings is 1. The number of nitro groups is 1. The van der Waals surface area contributed by atoms with Crippen LogP contribution in [0.25, 0.3) is 11.0 Å². The number of aromatic amines is 1. The molecule has 1 aliphatic rings. The number of nitrogens with one attached hydrogen (secondary N) is 1. The van der Waals surface area contributed by atoms with Crippen molar-refractivity contribution in [2.75, 3.05) is 26.2 Å². The van der Waals surface area contributed by atoms with Gasteiger partial charge in [-0.3, -0.25) is 19.9 Å². The van der Waals surface area contributed by atoms with Crippen molar-refractivity contribution in [3.8, 4) is 0 Å². The highest BCUT2D eigenvalue weighted by molar-refractivity contribution is 7.89. The summed E-state index contributed by atoms with van der Waals surface area (Å²) in [5.41, 5.74) is 3.63.